The number of amides is 2. The molecule has 0 bridgehead atoms. The van der Waals surface area contributed by atoms with Crippen LogP contribution in [0.4, 0.5) is 5.69 Å². The smallest absolute Gasteiger partial charge is 0.263 e. The Morgan fingerprint density at radius 1 is 1.12 bits per heavy atom. The molecule has 0 saturated heterocycles. The Kier molecular flexibility index (Phi) is 7.16. The second-order valence-electron chi connectivity index (χ2n) is 8.45. The van der Waals surface area contributed by atoms with Crippen molar-refractivity contribution in [3.8, 4) is 11.5 Å². The topological polar surface area (TPSA) is 67.9 Å². The Morgan fingerprint density at radius 2 is 1.85 bits per heavy atom. The van der Waals surface area contributed by atoms with Crippen molar-refractivity contribution in [3.63, 3.8) is 0 Å². The number of hydrogen-bond acceptors (Lipinski definition) is 4. The molecule has 0 aliphatic carbocycles. The minimum absolute atomic E-state index is 0.0569. The molecular weight excluding hydrogens is 428 g/mol. The van der Waals surface area contributed by atoms with Crippen molar-refractivity contribution in [1.29, 1.82) is 0 Å². The zero-order valence-corrected chi connectivity index (χ0v) is 19.8. The fourth-order valence-electron chi connectivity index (χ4n) is 4.34. The number of ether oxygens (including phenoxy) is 2. The Balaban J connectivity index is 1.56. The number of para-hydroxylation sites is 1. The van der Waals surface area contributed by atoms with Crippen LogP contribution in [-0.2, 0) is 22.7 Å². The van der Waals surface area contributed by atoms with E-state index in [1.54, 1.807) is 18.9 Å². The Bertz CT molecular complexity index is 1160. The van der Waals surface area contributed by atoms with Gasteiger partial charge in [0.05, 0.1) is 13.0 Å². The van der Waals surface area contributed by atoms with Gasteiger partial charge in [-0.3, -0.25) is 9.59 Å². The van der Waals surface area contributed by atoms with Gasteiger partial charge in [-0.2, -0.15) is 0 Å². The zero-order valence-electron chi connectivity index (χ0n) is 19.8. The minimum atomic E-state index is -0.612. The molecule has 4 rings (SSSR count). The van der Waals surface area contributed by atoms with Gasteiger partial charge in [-0.05, 0) is 43.2 Å². The van der Waals surface area contributed by atoms with Crippen molar-refractivity contribution in [1.82, 2.24) is 4.90 Å². The second kappa shape index (κ2) is 10.4. The van der Waals surface area contributed by atoms with Gasteiger partial charge in [-0.15, -0.1) is 0 Å². The van der Waals surface area contributed by atoms with Gasteiger partial charge in [-0.1, -0.05) is 55.5 Å². The molecule has 6 heteroatoms. The maximum absolute atomic E-state index is 13.1. The lowest BCUT2D eigenvalue weighted by atomic mass is 9.95. The van der Waals surface area contributed by atoms with Gasteiger partial charge >= 0.3 is 0 Å². The third-order valence-corrected chi connectivity index (χ3v) is 6.13. The Morgan fingerprint density at radius 3 is 2.59 bits per heavy atom. The van der Waals surface area contributed by atoms with Gasteiger partial charge in [0.15, 0.2) is 6.10 Å². The van der Waals surface area contributed by atoms with Crippen molar-refractivity contribution >= 4 is 17.5 Å². The predicted molar refractivity (Wildman–Crippen MR) is 132 cm³/mol. The molecule has 2 atom stereocenters. The molecule has 0 radical (unpaired) electrons. The van der Waals surface area contributed by atoms with Crippen LogP contribution in [0.15, 0.2) is 72.8 Å². The second-order valence-corrected chi connectivity index (χ2v) is 8.45. The molecular formula is C28H30N2O4. The molecule has 3 aromatic rings. The van der Waals surface area contributed by atoms with Crippen LogP contribution in [0.5, 0.6) is 11.5 Å². The summed E-state index contributed by atoms with van der Waals surface area (Å²) in [4.78, 5) is 27.9. The number of nitrogens with one attached hydrogen (secondary N) is 1. The standard InChI is InChI=1S/C28H30N2O4/c1-4-24(20-10-6-5-7-11-20)27(31)29-23-14-15-26-22(16-23)18-30(28(32)19(2)34-26)17-21-12-8-9-13-25(21)33-3/h5-16,19,24H,4,17-18H2,1-3H3,(H,29,31)/t19-,24+/m1/s1. The van der Waals surface area contributed by atoms with Crippen molar-refractivity contribution in [2.24, 2.45) is 0 Å². The molecule has 0 unspecified atom stereocenters. The summed E-state index contributed by atoms with van der Waals surface area (Å²) in [5.74, 6) is 0.999. The van der Waals surface area contributed by atoms with Gasteiger partial charge in [0.2, 0.25) is 5.91 Å². The average Bonchev–Trinajstić information content (AvgIpc) is 2.96. The third-order valence-electron chi connectivity index (χ3n) is 6.13. The molecule has 6 nitrogen and oxygen atoms in total. The number of benzene rings is 3. The first kappa shape index (κ1) is 23.4. The molecule has 2 amide bonds. The summed E-state index contributed by atoms with van der Waals surface area (Å²) < 4.78 is 11.4. The van der Waals surface area contributed by atoms with E-state index < -0.39 is 6.10 Å². The molecule has 1 N–H and O–H groups in total. The molecule has 0 fully saturated rings. The largest absolute Gasteiger partial charge is 0.496 e. The lowest BCUT2D eigenvalue weighted by Gasteiger charge is -2.23. The van der Waals surface area contributed by atoms with Crippen molar-refractivity contribution in [2.75, 3.05) is 12.4 Å². The summed E-state index contributed by atoms with van der Waals surface area (Å²) in [5.41, 5.74) is 3.44. The highest BCUT2D eigenvalue weighted by molar-refractivity contribution is 5.96. The fraction of sp³-hybridized carbons (Fsp3) is 0.286. The SMILES string of the molecule is CC[C@H](C(=O)Nc1ccc2c(c1)CN(Cc1ccccc1OC)C(=O)[C@@H](C)O2)c1ccccc1. The quantitative estimate of drug-likeness (QED) is 0.533. The fourth-order valence-corrected chi connectivity index (χ4v) is 4.34. The van der Waals surface area contributed by atoms with E-state index >= 15 is 0 Å². The van der Waals surface area contributed by atoms with E-state index in [1.165, 1.54) is 0 Å². The summed E-state index contributed by atoms with van der Waals surface area (Å²) in [6, 6.07) is 23.0. The van der Waals surface area contributed by atoms with Crippen LogP contribution in [0.25, 0.3) is 0 Å². The van der Waals surface area contributed by atoms with E-state index in [2.05, 4.69) is 5.32 Å². The Hall–Kier alpha value is -3.80. The van der Waals surface area contributed by atoms with Crippen molar-refractivity contribution in [2.45, 2.75) is 45.4 Å². The molecule has 34 heavy (non-hydrogen) atoms. The first-order valence-electron chi connectivity index (χ1n) is 11.6. The molecule has 1 aliphatic heterocycles. The third kappa shape index (κ3) is 5.06. The predicted octanol–water partition coefficient (Wildman–Crippen LogP) is 5.14. The van der Waals surface area contributed by atoms with Crippen LogP contribution >= 0.6 is 0 Å². The highest BCUT2D eigenvalue weighted by Crippen LogP contribution is 2.31. The summed E-state index contributed by atoms with van der Waals surface area (Å²) in [7, 11) is 1.62. The summed E-state index contributed by atoms with van der Waals surface area (Å²) in [5, 5.41) is 3.05. The van der Waals surface area contributed by atoms with E-state index in [-0.39, 0.29) is 17.7 Å². The van der Waals surface area contributed by atoms with Gasteiger partial charge in [-0.25, -0.2) is 0 Å². The number of carbonyl (C=O) groups is 2. The number of hydrogen-bond donors (Lipinski definition) is 1. The van der Waals surface area contributed by atoms with Crippen LogP contribution in [0, 0.1) is 0 Å². The Labute approximate surface area is 200 Å². The number of methoxy groups -OCH3 is 1. The van der Waals surface area contributed by atoms with Gasteiger partial charge < -0.3 is 19.7 Å². The van der Waals surface area contributed by atoms with E-state index in [0.29, 0.717) is 30.9 Å². The number of anilines is 1. The number of rotatable bonds is 7. The molecule has 0 spiro atoms. The summed E-state index contributed by atoms with van der Waals surface area (Å²) in [6.45, 7) is 4.54. The monoisotopic (exact) mass is 458 g/mol. The molecule has 1 heterocycles. The maximum atomic E-state index is 13.1. The maximum Gasteiger partial charge on any atom is 0.263 e. The van der Waals surface area contributed by atoms with Crippen LogP contribution in [0.1, 0.15) is 42.9 Å². The molecule has 0 saturated carbocycles. The summed E-state index contributed by atoms with van der Waals surface area (Å²) in [6.07, 6.45) is 0.0849. The van der Waals surface area contributed by atoms with E-state index in [0.717, 1.165) is 22.4 Å². The van der Waals surface area contributed by atoms with Crippen LogP contribution < -0.4 is 14.8 Å². The van der Waals surface area contributed by atoms with Crippen LogP contribution in [0.2, 0.25) is 0 Å². The lowest BCUT2D eigenvalue weighted by Crippen LogP contribution is -2.37. The highest BCUT2D eigenvalue weighted by atomic mass is 16.5. The zero-order chi connectivity index (χ0) is 24.1. The molecule has 0 aromatic heterocycles. The highest BCUT2D eigenvalue weighted by Gasteiger charge is 2.29. The first-order valence-corrected chi connectivity index (χ1v) is 11.6. The van der Waals surface area contributed by atoms with E-state index in [1.807, 2.05) is 79.7 Å². The molecule has 1 aliphatic rings. The van der Waals surface area contributed by atoms with Gasteiger partial charge in [0, 0.05) is 29.9 Å². The number of carbonyl (C=O) groups excluding carboxylic acids is 2. The van der Waals surface area contributed by atoms with E-state index in [4.69, 9.17) is 9.47 Å². The van der Waals surface area contributed by atoms with Crippen molar-refractivity contribution in [3.05, 3.63) is 89.5 Å². The molecule has 176 valence electrons. The van der Waals surface area contributed by atoms with E-state index in [9.17, 15) is 9.59 Å². The number of nitrogens with zero attached hydrogens (tertiary/aromatic N) is 1. The number of fused-ring (bicyclic) bond motifs is 1. The van der Waals surface area contributed by atoms with Crippen molar-refractivity contribution < 1.29 is 19.1 Å². The van der Waals surface area contributed by atoms with Crippen LogP contribution in [-0.4, -0.2) is 29.9 Å². The lowest BCUT2D eigenvalue weighted by molar-refractivity contribution is -0.138. The van der Waals surface area contributed by atoms with Gasteiger partial charge in [0.25, 0.3) is 5.91 Å². The van der Waals surface area contributed by atoms with Crippen LogP contribution in [0.3, 0.4) is 0 Å². The average molecular weight is 459 g/mol. The normalized spacial score (nSPS) is 16.1. The minimum Gasteiger partial charge on any atom is -0.496 e. The first-order chi connectivity index (χ1) is 16.5. The van der Waals surface area contributed by atoms with Gasteiger partial charge in [0.1, 0.15) is 11.5 Å². The summed E-state index contributed by atoms with van der Waals surface area (Å²) >= 11 is 0. The molecule has 3 aromatic carbocycles.